The smallest absolute Gasteiger partial charge is 0.169 e. The van der Waals surface area contributed by atoms with E-state index in [-0.39, 0.29) is 23.7 Å². The predicted octanol–water partition coefficient (Wildman–Crippen LogP) is 5.04. The molecule has 2 aliphatic rings. The van der Waals surface area contributed by atoms with Gasteiger partial charge in [0, 0.05) is 16.5 Å². The van der Waals surface area contributed by atoms with E-state index < -0.39 is 5.60 Å². The van der Waals surface area contributed by atoms with E-state index >= 15 is 0 Å². The zero-order valence-corrected chi connectivity index (χ0v) is 14.2. The lowest BCUT2D eigenvalue weighted by molar-refractivity contribution is 0.0200. The fourth-order valence-electron chi connectivity index (χ4n) is 4.15. The van der Waals surface area contributed by atoms with Crippen molar-refractivity contribution in [3.8, 4) is 0 Å². The Balaban J connectivity index is 1.82. The first kappa shape index (κ1) is 15.6. The molecule has 2 aromatic carbocycles. The lowest BCUT2D eigenvalue weighted by Gasteiger charge is -2.33. The number of ketones is 1. The SMILES string of the molecule is CC[C@@]12C=C[C@@H](O1)[C@@H](C(=O)c1ccccc1)[C@@H]2c1ccccc1Cl. The van der Waals surface area contributed by atoms with Gasteiger partial charge in [-0.1, -0.05) is 79.2 Å². The summed E-state index contributed by atoms with van der Waals surface area (Å²) in [7, 11) is 0. The molecule has 2 aromatic rings. The molecule has 2 heterocycles. The molecular formula is C21H19ClO2. The van der Waals surface area contributed by atoms with E-state index in [1.807, 2.05) is 60.7 Å². The van der Waals surface area contributed by atoms with Crippen LogP contribution in [0, 0.1) is 5.92 Å². The van der Waals surface area contributed by atoms with Crippen LogP contribution in [0.15, 0.2) is 66.7 Å². The summed E-state index contributed by atoms with van der Waals surface area (Å²) >= 11 is 6.49. The monoisotopic (exact) mass is 338 g/mol. The Kier molecular flexibility index (Phi) is 3.82. The molecule has 0 saturated carbocycles. The average Bonchev–Trinajstić information content (AvgIpc) is 3.19. The summed E-state index contributed by atoms with van der Waals surface area (Å²) < 4.78 is 6.30. The third-order valence-electron chi connectivity index (χ3n) is 5.32. The van der Waals surface area contributed by atoms with E-state index in [1.165, 1.54) is 0 Å². The average molecular weight is 339 g/mol. The van der Waals surface area contributed by atoms with Crippen LogP contribution in [-0.2, 0) is 4.74 Å². The van der Waals surface area contributed by atoms with E-state index in [2.05, 4.69) is 13.0 Å². The molecule has 3 heteroatoms. The van der Waals surface area contributed by atoms with Crippen molar-refractivity contribution in [2.45, 2.75) is 31.0 Å². The van der Waals surface area contributed by atoms with Crippen LogP contribution in [0.4, 0.5) is 0 Å². The van der Waals surface area contributed by atoms with E-state index in [0.717, 1.165) is 17.5 Å². The molecule has 2 bridgehead atoms. The summed E-state index contributed by atoms with van der Waals surface area (Å²) in [5, 5.41) is 0.700. The minimum Gasteiger partial charge on any atom is -0.362 e. The summed E-state index contributed by atoms with van der Waals surface area (Å²) in [6, 6.07) is 17.3. The number of ether oxygens (including phenoxy) is 1. The summed E-state index contributed by atoms with van der Waals surface area (Å²) in [4.78, 5) is 13.2. The highest BCUT2D eigenvalue weighted by Gasteiger charge is 2.58. The maximum absolute atomic E-state index is 13.2. The molecule has 0 N–H and O–H groups in total. The first-order valence-corrected chi connectivity index (χ1v) is 8.75. The maximum atomic E-state index is 13.2. The zero-order chi connectivity index (χ0) is 16.7. The molecule has 122 valence electrons. The number of benzene rings is 2. The Bertz CT molecular complexity index is 798. The lowest BCUT2D eigenvalue weighted by Crippen LogP contribution is -2.36. The van der Waals surface area contributed by atoms with Crippen LogP contribution >= 0.6 is 11.6 Å². The number of carbonyl (C=O) groups excluding carboxylic acids is 1. The second-order valence-corrected chi connectivity index (χ2v) is 6.91. The van der Waals surface area contributed by atoms with Crippen molar-refractivity contribution in [2.75, 3.05) is 0 Å². The number of Topliss-reactive ketones (excluding diaryl/α,β-unsaturated/α-hetero) is 1. The first-order valence-electron chi connectivity index (χ1n) is 8.37. The van der Waals surface area contributed by atoms with E-state index in [0.29, 0.717) is 5.02 Å². The van der Waals surface area contributed by atoms with Crippen LogP contribution in [0.5, 0.6) is 0 Å². The second kappa shape index (κ2) is 5.87. The lowest BCUT2D eigenvalue weighted by atomic mass is 9.68. The molecule has 4 atom stereocenters. The van der Waals surface area contributed by atoms with Crippen LogP contribution in [0.2, 0.25) is 5.02 Å². The minimum atomic E-state index is -0.440. The summed E-state index contributed by atoms with van der Waals surface area (Å²) in [6.07, 6.45) is 4.80. The van der Waals surface area contributed by atoms with Crippen LogP contribution < -0.4 is 0 Å². The Hall–Kier alpha value is -1.90. The van der Waals surface area contributed by atoms with Crippen molar-refractivity contribution in [1.29, 1.82) is 0 Å². The molecule has 0 aliphatic carbocycles. The van der Waals surface area contributed by atoms with Crippen molar-refractivity contribution < 1.29 is 9.53 Å². The third kappa shape index (κ3) is 2.25. The number of halogens is 1. The van der Waals surface area contributed by atoms with Gasteiger partial charge in [-0.2, -0.15) is 0 Å². The number of carbonyl (C=O) groups is 1. The summed E-state index contributed by atoms with van der Waals surface area (Å²) in [5.74, 6) is -0.165. The molecule has 1 saturated heterocycles. The fourth-order valence-corrected chi connectivity index (χ4v) is 4.41. The molecule has 4 rings (SSSR count). The molecule has 0 radical (unpaired) electrons. The van der Waals surface area contributed by atoms with Gasteiger partial charge in [0.05, 0.1) is 17.6 Å². The zero-order valence-electron chi connectivity index (χ0n) is 13.5. The Morgan fingerprint density at radius 2 is 1.83 bits per heavy atom. The molecule has 1 fully saturated rings. The number of rotatable bonds is 4. The normalized spacial score (nSPS) is 30.7. The molecule has 0 spiro atoms. The highest BCUT2D eigenvalue weighted by molar-refractivity contribution is 6.31. The summed E-state index contributed by atoms with van der Waals surface area (Å²) in [6.45, 7) is 2.10. The van der Waals surface area contributed by atoms with Crippen LogP contribution in [-0.4, -0.2) is 17.5 Å². The Labute approximate surface area is 147 Å². The quantitative estimate of drug-likeness (QED) is 0.576. The van der Waals surface area contributed by atoms with Gasteiger partial charge in [0.25, 0.3) is 0 Å². The topological polar surface area (TPSA) is 26.3 Å². The molecular weight excluding hydrogens is 320 g/mol. The molecule has 24 heavy (non-hydrogen) atoms. The van der Waals surface area contributed by atoms with Gasteiger partial charge < -0.3 is 4.74 Å². The van der Waals surface area contributed by atoms with Gasteiger partial charge >= 0.3 is 0 Å². The van der Waals surface area contributed by atoms with Crippen LogP contribution in [0.3, 0.4) is 0 Å². The van der Waals surface area contributed by atoms with E-state index in [1.54, 1.807) is 0 Å². The number of hydrogen-bond acceptors (Lipinski definition) is 2. The molecule has 0 aromatic heterocycles. The van der Waals surface area contributed by atoms with Crippen LogP contribution in [0.1, 0.15) is 35.2 Å². The van der Waals surface area contributed by atoms with Gasteiger partial charge in [0.2, 0.25) is 0 Å². The summed E-state index contributed by atoms with van der Waals surface area (Å²) in [5.41, 5.74) is 1.29. The fraction of sp³-hybridized carbons (Fsp3) is 0.286. The van der Waals surface area contributed by atoms with Gasteiger partial charge in [0.15, 0.2) is 5.78 Å². The second-order valence-electron chi connectivity index (χ2n) is 6.51. The van der Waals surface area contributed by atoms with Gasteiger partial charge in [-0.05, 0) is 18.1 Å². The van der Waals surface area contributed by atoms with Gasteiger partial charge in [0.1, 0.15) is 0 Å². The van der Waals surface area contributed by atoms with Gasteiger partial charge in [-0.25, -0.2) is 0 Å². The standard InChI is InChI=1S/C21H19ClO2/c1-2-21-13-12-17(24-21)18(20(23)14-8-4-3-5-9-14)19(21)15-10-6-7-11-16(15)22/h3-13,17-19H,2H2,1H3/t17-,18-,19+,21+/m1/s1. The minimum absolute atomic E-state index is 0.0566. The van der Waals surface area contributed by atoms with Crippen LogP contribution in [0.25, 0.3) is 0 Å². The van der Waals surface area contributed by atoms with Gasteiger partial charge in [-0.15, -0.1) is 0 Å². The highest BCUT2D eigenvalue weighted by atomic mass is 35.5. The molecule has 2 aliphatic heterocycles. The first-order chi connectivity index (χ1) is 11.7. The van der Waals surface area contributed by atoms with Crippen molar-refractivity contribution in [2.24, 2.45) is 5.92 Å². The number of fused-ring (bicyclic) bond motifs is 2. The van der Waals surface area contributed by atoms with Crippen molar-refractivity contribution in [3.63, 3.8) is 0 Å². The molecule has 2 nitrogen and oxygen atoms in total. The van der Waals surface area contributed by atoms with E-state index in [4.69, 9.17) is 16.3 Å². The van der Waals surface area contributed by atoms with Gasteiger partial charge in [-0.3, -0.25) is 4.79 Å². The highest BCUT2D eigenvalue weighted by Crippen LogP contribution is 2.55. The van der Waals surface area contributed by atoms with E-state index in [9.17, 15) is 4.79 Å². The molecule has 0 amide bonds. The van der Waals surface area contributed by atoms with Crippen molar-refractivity contribution in [3.05, 3.63) is 82.9 Å². The van der Waals surface area contributed by atoms with Crippen molar-refractivity contribution >= 4 is 17.4 Å². The predicted molar refractivity (Wildman–Crippen MR) is 95.5 cm³/mol. The molecule has 0 unspecified atom stereocenters. The maximum Gasteiger partial charge on any atom is 0.169 e. The largest absolute Gasteiger partial charge is 0.362 e. The Morgan fingerprint density at radius 3 is 2.54 bits per heavy atom. The van der Waals surface area contributed by atoms with Crippen molar-refractivity contribution in [1.82, 2.24) is 0 Å². The number of hydrogen-bond donors (Lipinski definition) is 0. The third-order valence-corrected chi connectivity index (χ3v) is 5.66. The Morgan fingerprint density at radius 1 is 1.12 bits per heavy atom.